The third kappa shape index (κ3) is 2.49. The largest absolute Gasteiger partial charge is 0.366 e. The van der Waals surface area contributed by atoms with Crippen LogP contribution in [0.4, 0.5) is 0 Å². The van der Waals surface area contributed by atoms with Gasteiger partial charge in [0.05, 0.1) is 0 Å². The van der Waals surface area contributed by atoms with Crippen molar-refractivity contribution in [1.82, 2.24) is 9.96 Å². The number of hydrogen-bond acceptors (Lipinski definition) is 4. The van der Waals surface area contributed by atoms with Crippen LogP contribution in [0, 0.1) is 5.92 Å². The maximum atomic E-state index is 5.71. The number of hydroxylamine groups is 2. The van der Waals surface area contributed by atoms with E-state index in [9.17, 15) is 0 Å². The van der Waals surface area contributed by atoms with Crippen LogP contribution in [0.1, 0.15) is 26.7 Å². The molecule has 1 fully saturated rings. The first kappa shape index (κ1) is 12.1. The Kier molecular flexibility index (Phi) is 3.70. The first-order valence-electron chi connectivity index (χ1n) is 6.07. The van der Waals surface area contributed by atoms with E-state index >= 15 is 0 Å². The second-order valence-corrected chi connectivity index (χ2v) is 5.97. The van der Waals surface area contributed by atoms with E-state index in [-0.39, 0.29) is 6.17 Å². The molecule has 2 rings (SSSR count). The third-order valence-corrected chi connectivity index (χ3v) is 3.91. The molecule has 92 valence electrons. The van der Waals surface area contributed by atoms with Crippen LogP contribution in [0.5, 0.6) is 0 Å². The molecule has 2 unspecified atom stereocenters. The molecular weight excluding hydrogens is 221 g/mol. The highest BCUT2D eigenvalue weighted by atomic mass is 31.0. The van der Waals surface area contributed by atoms with Crippen molar-refractivity contribution in [2.24, 2.45) is 10.9 Å². The number of nitrogens with zero attached hydrogens (tertiary/aromatic N) is 3. The van der Waals surface area contributed by atoms with Gasteiger partial charge >= 0.3 is 6.02 Å². The average molecular weight is 243 g/mol. The minimum absolute atomic E-state index is 0.170. The summed E-state index contributed by atoms with van der Waals surface area (Å²) in [6.07, 6.45) is 2.59. The summed E-state index contributed by atoms with van der Waals surface area (Å²) in [7, 11) is 4.87. The summed E-state index contributed by atoms with van der Waals surface area (Å²) in [4.78, 5) is 12.6. The van der Waals surface area contributed by atoms with Crippen molar-refractivity contribution < 1.29 is 4.84 Å². The second kappa shape index (κ2) is 4.89. The Morgan fingerprint density at radius 3 is 2.50 bits per heavy atom. The molecule has 5 heteroatoms. The number of likely N-dealkylation sites (tertiary alicyclic amines) is 1. The van der Waals surface area contributed by atoms with Crippen LogP contribution in [0.25, 0.3) is 0 Å². The lowest BCUT2D eigenvalue weighted by atomic mass is 10.1. The fourth-order valence-electron chi connectivity index (χ4n) is 2.20. The van der Waals surface area contributed by atoms with Gasteiger partial charge in [0.15, 0.2) is 0 Å². The zero-order valence-electron chi connectivity index (χ0n) is 10.4. The van der Waals surface area contributed by atoms with Gasteiger partial charge in [0.25, 0.3) is 0 Å². The van der Waals surface area contributed by atoms with Gasteiger partial charge in [-0.1, -0.05) is 13.8 Å². The first-order chi connectivity index (χ1) is 7.58. The number of piperidine rings is 1. The Morgan fingerprint density at radius 2 is 2.00 bits per heavy atom. The van der Waals surface area contributed by atoms with Gasteiger partial charge in [-0.3, -0.25) is 0 Å². The van der Waals surface area contributed by atoms with Gasteiger partial charge in [-0.05, 0) is 24.4 Å². The fraction of sp³-hybridized carbons (Fsp3) is 0.909. The van der Waals surface area contributed by atoms with E-state index < -0.39 is 0 Å². The molecule has 0 radical (unpaired) electrons. The Bertz CT molecular complexity index is 274. The number of amidine groups is 1. The molecule has 0 aromatic heterocycles. The van der Waals surface area contributed by atoms with Gasteiger partial charge in [0.1, 0.15) is 6.17 Å². The lowest BCUT2D eigenvalue weighted by Crippen LogP contribution is -2.40. The second-order valence-electron chi connectivity index (χ2n) is 5.03. The molecule has 2 aliphatic rings. The summed E-state index contributed by atoms with van der Waals surface area (Å²) in [5, 5.41) is 1.87. The molecule has 0 aromatic rings. The molecular formula is C11H22N3OP. The fourth-order valence-corrected chi connectivity index (χ4v) is 2.50. The molecule has 16 heavy (non-hydrogen) atoms. The predicted octanol–water partition coefficient (Wildman–Crippen LogP) is 1.54. The summed E-state index contributed by atoms with van der Waals surface area (Å²) in [5.41, 5.74) is 0.761. The van der Waals surface area contributed by atoms with Gasteiger partial charge in [-0.15, -0.1) is 14.3 Å². The SMILES string of the molecule is CC(C)C1N=C(N2CCC(P)CC2)ON1C. The van der Waals surface area contributed by atoms with E-state index in [0.29, 0.717) is 5.92 Å². The number of aliphatic imine (C=N–C) groups is 1. The van der Waals surface area contributed by atoms with Crippen molar-refractivity contribution in [2.75, 3.05) is 20.1 Å². The molecule has 0 N–H and O–H groups in total. The quantitative estimate of drug-likeness (QED) is 0.654. The maximum absolute atomic E-state index is 5.71. The molecule has 2 aliphatic heterocycles. The van der Waals surface area contributed by atoms with Gasteiger partial charge in [-0.2, -0.15) is 0 Å². The molecule has 2 heterocycles. The number of rotatable bonds is 1. The molecule has 0 bridgehead atoms. The van der Waals surface area contributed by atoms with E-state index in [1.165, 1.54) is 12.8 Å². The van der Waals surface area contributed by atoms with Gasteiger partial charge in [-0.25, -0.2) is 4.99 Å². The summed E-state index contributed by atoms with van der Waals surface area (Å²) < 4.78 is 0. The van der Waals surface area contributed by atoms with Crippen molar-refractivity contribution in [3.8, 4) is 0 Å². The Balaban J connectivity index is 1.98. The highest BCUT2D eigenvalue weighted by Gasteiger charge is 2.32. The summed E-state index contributed by atoms with van der Waals surface area (Å²) in [5.74, 6) is 0.488. The van der Waals surface area contributed by atoms with Crippen LogP contribution in [0.3, 0.4) is 0 Å². The van der Waals surface area contributed by atoms with Crippen molar-refractivity contribution in [3.63, 3.8) is 0 Å². The predicted molar refractivity (Wildman–Crippen MR) is 69.2 cm³/mol. The van der Waals surface area contributed by atoms with Gasteiger partial charge in [0, 0.05) is 20.1 Å². The zero-order chi connectivity index (χ0) is 11.7. The highest BCUT2D eigenvalue weighted by Crippen LogP contribution is 2.23. The summed E-state index contributed by atoms with van der Waals surface area (Å²) in [6, 6.07) is 0.818. The van der Waals surface area contributed by atoms with Crippen molar-refractivity contribution >= 4 is 15.3 Å². The van der Waals surface area contributed by atoms with Crippen LogP contribution in [-0.4, -0.2) is 47.9 Å². The van der Waals surface area contributed by atoms with E-state index in [2.05, 4.69) is 33.0 Å². The van der Waals surface area contributed by atoms with Crippen molar-refractivity contribution in [2.45, 2.75) is 38.5 Å². The normalized spacial score (nSPS) is 28.4. The molecule has 2 atom stereocenters. The van der Waals surface area contributed by atoms with Crippen LogP contribution in [0.2, 0.25) is 0 Å². The van der Waals surface area contributed by atoms with E-state index in [0.717, 1.165) is 24.8 Å². The van der Waals surface area contributed by atoms with E-state index in [4.69, 9.17) is 4.84 Å². The Morgan fingerprint density at radius 1 is 1.38 bits per heavy atom. The average Bonchev–Trinajstić information content (AvgIpc) is 2.61. The zero-order valence-corrected chi connectivity index (χ0v) is 11.5. The summed E-state index contributed by atoms with van der Waals surface area (Å²) >= 11 is 0. The van der Waals surface area contributed by atoms with E-state index in [1.807, 2.05) is 12.1 Å². The van der Waals surface area contributed by atoms with Crippen LogP contribution in [-0.2, 0) is 4.84 Å². The standard InChI is InChI=1S/C11H22N3OP/c1-8(2)10-12-11(15-13(10)3)14-6-4-9(16)5-7-14/h8-10H,4-7,16H2,1-3H3. The number of hydrogen-bond donors (Lipinski definition) is 0. The maximum Gasteiger partial charge on any atom is 0.309 e. The van der Waals surface area contributed by atoms with E-state index in [1.54, 1.807) is 0 Å². The summed E-state index contributed by atoms with van der Waals surface area (Å²) in [6.45, 7) is 6.47. The lowest BCUT2D eigenvalue weighted by molar-refractivity contribution is -0.0793. The van der Waals surface area contributed by atoms with Crippen molar-refractivity contribution in [3.05, 3.63) is 0 Å². The Labute approximate surface area is 100 Å². The minimum Gasteiger partial charge on any atom is -0.366 e. The van der Waals surface area contributed by atoms with Crippen LogP contribution in [0.15, 0.2) is 4.99 Å². The molecule has 0 aromatic carbocycles. The first-order valence-corrected chi connectivity index (χ1v) is 6.73. The van der Waals surface area contributed by atoms with Gasteiger partial charge in [0.2, 0.25) is 0 Å². The highest BCUT2D eigenvalue weighted by molar-refractivity contribution is 7.17. The minimum atomic E-state index is 0.170. The molecule has 0 amide bonds. The smallest absolute Gasteiger partial charge is 0.309 e. The molecule has 0 saturated carbocycles. The molecule has 0 aliphatic carbocycles. The van der Waals surface area contributed by atoms with Crippen LogP contribution < -0.4 is 0 Å². The topological polar surface area (TPSA) is 28.1 Å². The molecule has 0 spiro atoms. The Hall–Kier alpha value is -0.340. The third-order valence-electron chi connectivity index (χ3n) is 3.25. The van der Waals surface area contributed by atoms with Gasteiger partial charge < -0.3 is 9.74 Å². The van der Waals surface area contributed by atoms with Crippen LogP contribution >= 0.6 is 9.24 Å². The van der Waals surface area contributed by atoms with Crippen molar-refractivity contribution in [1.29, 1.82) is 0 Å². The lowest BCUT2D eigenvalue weighted by Gasteiger charge is -2.30. The monoisotopic (exact) mass is 243 g/mol. The molecule has 4 nitrogen and oxygen atoms in total. The molecule has 1 saturated heterocycles.